The number of sulfone groups is 1. The fraction of sp³-hybridized carbons (Fsp3) is 0.545. The second-order valence-corrected chi connectivity index (χ2v) is 15.0. The number of aliphatic hydroxyl groups is 1. The maximum atomic E-state index is 13.7. The predicted molar refractivity (Wildman–Crippen MR) is 180 cm³/mol. The van der Waals surface area contributed by atoms with E-state index in [1.165, 1.54) is 0 Å². The predicted octanol–water partition coefficient (Wildman–Crippen LogP) is 1.80. The van der Waals surface area contributed by atoms with Gasteiger partial charge in [-0.25, -0.2) is 8.42 Å². The molecule has 0 bridgehead atoms. The summed E-state index contributed by atoms with van der Waals surface area (Å²) in [5.74, 6) is -2.36. The Kier molecular flexibility index (Phi) is 15.8. The van der Waals surface area contributed by atoms with Gasteiger partial charge in [0.05, 0.1) is 17.9 Å². The molecule has 13 nitrogen and oxygen atoms in total. The monoisotopic (exact) mass is 672 g/mol. The van der Waals surface area contributed by atoms with E-state index in [1.807, 2.05) is 70.2 Å². The van der Waals surface area contributed by atoms with Gasteiger partial charge >= 0.3 is 0 Å². The molecule has 0 heterocycles. The molecular formula is C33H50N7O6S+. The van der Waals surface area contributed by atoms with Crippen molar-refractivity contribution < 1.29 is 27.9 Å². The number of nitrogens with one attached hydrogen (secondary N) is 4. The van der Waals surface area contributed by atoms with Crippen LogP contribution in [0.3, 0.4) is 0 Å². The fourth-order valence-electron chi connectivity index (χ4n) is 5.10. The highest BCUT2D eigenvalue weighted by Crippen LogP contribution is 2.14. The van der Waals surface area contributed by atoms with Crippen molar-refractivity contribution in [2.24, 2.45) is 22.7 Å². The molecule has 0 aliphatic carbocycles. The summed E-state index contributed by atoms with van der Waals surface area (Å²) in [6, 6.07) is 12.3. The molecule has 3 amide bonds. The van der Waals surface area contributed by atoms with Crippen LogP contribution >= 0.6 is 0 Å². The molecule has 0 saturated carbocycles. The molecule has 0 aliphatic heterocycles. The van der Waals surface area contributed by atoms with E-state index in [2.05, 4.69) is 26.0 Å². The number of nitrogens with two attached hydrogens (primary N) is 1. The quantitative estimate of drug-likeness (QED) is 0.0959. The van der Waals surface area contributed by atoms with Gasteiger partial charge in [-0.05, 0) is 47.8 Å². The van der Waals surface area contributed by atoms with Crippen LogP contribution in [-0.2, 0) is 43.6 Å². The number of carbonyl (C=O) groups is 3. The Morgan fingerprint density at radius 2 is 1.30 bits per heavy atom. The van der Waals surface area contributed by atoms with E-state index in [4.69, 9.17) is 11.3 Å². The summed E-state index contributed by atoms with van der Waals surface area (Å²) in [7, 11) is -3.59. The Balaban J connectivity index is 2.29. The number of aliphatic hydroxyl groups excluding tert-OH is 1. The molecular weight excluding hydrogens is 622 g/mol. The molecule has 0 unspecified atom stereocenters. The first kappa shape index (κ1) is 39.2. The molecule has 0 radical (unpaired) electrons. The van der Waals surface area contributed by atoms with Crippen LogP contribution in [0.4, 0.5) is 0 Å². The molecule has 2 aromatic carbocycles. The zero-order valence-corrected chi connectivity index (χ0v) is 28.7. The van der Waals surface area contributed by atoms with Gasteiger partial charge in [0.1, 0.15) is 32.6 Å². The van der Waals surface area contributed by atoms with Gasteiger partial charge in [0.15, 0.2) is 0 Å². The van der Waals surface area contributed by atoms with E-state index in [-0.39, 0.29) is 37.5 Å². The van der Waals surface area contributed by atoms with Crippen LogP contribution in [0.1, 0.15) is 57.2 Å². The van der Waals surface area contributed by atoms with Crippen LogP contribution in [0.15, 0.2) is 59.7 Å². The lowest BCUT2D eigenvalue weighted by molar-refractivity contribution is -0.133. The largest absolute Gasteiger partial charge is 0.390 e. The molecule has 0 fully saturated rings. The van der Waals surface area contributed by atoms with E-state index >= 15 is 0 Å². The topological polar surface area (TPSA) is 218 Å². The molecule has 0 aromatic heterocycles. The summed E-state index contributed by atoms with van der Waals surface area (Å²) in [5.41, 5.74) is 15.3. The third kappa shape index (κ3) is 14.6. The molecule has 2 rings (SSSR count). The van der Waals surface area contributed by atoms with Gasteiger partial charge in [-0.15, -0.1) is 0 Å². The number of hydrogen-bond acceptors (Lipinski definition) is 9. The number of hydrogen-bond donors (Lipinski definition) is 6. The Morgan fingerprint density at radius 3 is 1.79 bits per heavy atom. The maximum absolute atomic E-state index is 13.7. The van der Waals surface area contributed by atoms with Crippen molar-refractivity contribution in [1.29, 1.82) is 5.53 Å². The zero-order chi connectivity index (χ0) is 35.1. The van der Waals surface area contributed by atoms with E-state index < -0.39 is 63.6 Å². The minimum Gasteiger partial charge on any atom is -0.390 e. The van der Waals surface area contributed by atoms with Crippen LogP contribution in [-0.4, -0.2) is 73.5 Å². The summed E-state index contributed by atoms with van der Waals surface area (Å²) in [5, 5.41) is 23.0. The van der Waals surface area contributed by atoms with Crippen LogP contribution in [0, 0.1) is 17.4 Å². The van der Waals surface area contributed by atoms with E-state index in [9.17, 15) is 27.9 Å². The lowest BCUT2D eigenvalue weighted by Crippen LogP contribution is -2.58. The third-order valence-electron chi connectivity index (χ3n) is 7.43. The smallest absolute Gasteiger partial charge is 0.253 e. The second-order valence-electron chi connectivity index (χ2n) is 12.8. The number of nitrogens with zero attached hydrogens (tertiary/aromatic N) is 2. The highest BCUT2D eigenvalue weighted by molar-refractivity contribution is 7.90. The van der Waals surface area contributed by atoms with Crippen molar-refractivity contribution in [3.05, 3.63) is 71.3 Å². The maximum Gasteiger partial charge on any atom is 0.253 e. The first-order valence-corrected chi connectivity index (χ1v) is 17.8. The van der Waals surface area contributed by atoms with Gasteiger partial charge in [-0.1, -0.05) is 82.3 Å². The first-order chi connectivity index (χ1) is 22.1. The Labute approximate surface area is 277 Å². The highest BCUT2D eigenvalue weighted by Gasteiger charge is 2.33. The standard InChI is InChI=1S/C33H49N7O6S/c1-21(2)15-27(31(42)36-26(30(41)20-47(5,45)46)17-24-11-13-25(19-34)14-12-24)37-32(43)28(16-22(3)4)38-33(44)29(39-40-35)18-23-9-7-6-8-10-23/h6-14,21-22,26-30,35,41H,15-20,34H2,1-5H3,(H2-,36,37,38,42,43,44)/p+1/t26-,27-,28-,29-,30-/m0/s1. The van der Waals surface area contributed by atoms with Crippen molar-refractivity contribution >= 4 is 27.6 Å². The van der Waals surface area contributed by atoms with Gasteiger partial charge < -0.3 is 26.8 Å². The minimum atomic E-state index is -3.59. The molecule has 0 aliphatic rings. The van der Waals surface area contributed by atoms with E-state index in [0.717, 1.165) is 22.9 Å². The van der Waals surface area contributed by atoms with Gasteiger partial charge in [-0.2, -0.15) is 0 Å². The highest BCUT2D eigenvalue weighted by atomic mass is 32.2. The summed E-state index contributed by atoms with van der Waals surface area (Å²) in [4.78, 5) is 43.7. The average molecular weight is 673 g/mol. The molecule has 0 saturated heterocycles. The van der Waals surface area contributed by atoms with Crippen LogP contribution < -0.4 is 26.6 Å². The molecule has 47 heavy (non-hydrogen) atoms. The molecule has 14 heteroatoms. The molecule has 258 valence electrons. The normalized spacial score (nSPS) is 14.7. The van der Waals surface area contributed by atoms with Gasteiger partial charge in [0, 0.05) is 19.2 Å². The van der Waals surface area contributed by atoms with Gasteiger partial charge in [0.25, 0.3) is 5.91 Å². The summed E-state index contributed by atoms with van der Waals surface area (Å²) in [6.07, 6.45) is 0.400. The molecule has 2 aromatic rings. The van der Waals surface area contributed by atoms with Crippen molar-refractivity contribution in [3.8, 4) is 0 Å². The third-order valence-corrected chi connectivity index (χ3v) is 8.38. The fourth-order valence-corrected chi connectivity index (χ4v) is 5.95. The molecule has 7 N–H and O–H groups in total. The number of rotatable bonds is 19. The van der Waals surface area contributed by atoms with Crippen molar-refractivity contribution in [3.63, 3.8) is 0 Å². The molecule has 5 atom stereocenters. The summed E-state index contributed by atoms with van der Waals surface area (Å²) in [6.45, 7) is 7.89. The summed E-state index contributed by atoms with van der Waals surface area (Å²) < 4.78 is 24.1. The average Bonchev–Trinajstić information content (AvgIpc) is 2.99. The van der Waals surface area contributed by atoms with Crippen LogP contribution in [0.25, 0.3) is 0 Å². The Hall–Kier alpha value is -3.97. The van der Waals surface area contributed by atoms with Crippen LogP contribution in [0.5, 0.6) is 0 Å². The Morgan fingerprint density at radius 1 is 0.809 bits per heavy atom. The zero-order valence-electron chi connectivity index (χ0n) is 27.8. The minimum absolute atomic E-state index is 0.00465. The van der Waals surface area contributed by atoms with Gasteiger partial charge in [0.2, 0.25) is 22.8 Å². The first-order valence-electron chi connectivity index (χ1n) is 15.8. The van der Waals surface area contributed by atoms with Crippen molar-refractivity contribution in [2.45, 2.75) is 90.2 Å². The summed E-state index contributed by atoms with van der Waals surface area (Å²) >= 11 is 0. The Bertz CT molecular complexity index is 1460. The molecule has 0 spiro atoms. The number of carbonyl (C=O) groups excluding carboxylic acids is 3. The lowest BCUT2D eigenvalue weighted by Gasteiger charge is -2.29. The van der Waals surface area contributed by atoms with Crippen molar-refractivity contribution in [2.75, 3.05) is 12.0 Å². The van der Waals surface area contributed by atoms with Gasteiger partial charge in [-0.3, -0.25) is 14.4 Å². The number of benzene rings is 2. The SMILES string of the molecule is CC(C)C[C@H](NC(=O)[C@H](Cc1ccccc1)N=[N+]=N)C(=O)N[C@@H](CC(C)C)C(=O)N[C@@H](Cc1ccc(CN)cc1)[C@@H](O)CS(C)(=O)=O. The number of amides is 3. The van der Waals surface area contributed by atoms with E-state index in [0.29, 0.717) is 6.54 Å². The van der Waals surface area contributed by atoms with Crippen molar-refractivity contribution in [1.82, 2.24) is 20.9 Å². The van der Waals surface area contributed by atoms with E-state index in [1.54, 1.807) is 12.1 Å². The lowest BCUT2D eigenvalue weighted by atomic mass is 9.97. The second kappa shape index (κ2) is 19.0. The van der Waals surface area contributed by atoms with Crippen LogP contribution in [0.2, 0.25) is 0 Å².